The van der Waals surface area contributed by atoms with Gasteiger partial charge in [0.2, 0.25) is 0 Å². The van der Waals surface area contributed by atoms with Gasteiger partial charge in [-0.1, -0.05) is 0 Å². The van der Waals surface area contributed by atoms with Crippen molar-refractivity contribution in [2.45, 2.75) is 13.8 Å². The third kappa shape index (κ3) is 1.78. The molecule has 0 N–H and O–H groups in total. The smallest absolute Gasteiger partial charge is 0.192 e. The van der Waals surface area contributed by atoms with E-state index in [2.05, 4.69) is 15.0 Å². The molecule has 0 unspecified atom stereocenters. The lowest BCUT2D eigenvalue weighted by Crippen LogP contribution is -1.89. The van der Waals surface area contributed by atoms with Crippen LogP contribution in [0.5, 0.6) is 0 Å². The Bertz CT molecular complexity index is 688. The molecule has 0 spiro atoms. The van der Waals surface area contributed by atoms with Gasteiger partial charge in [-0.05, 0) is 31.2 Å². The monoisotopic (exact) mass is 225 g/mol. The van der Waals surface area contributed by atoms with Gasteiger partial charge in [0.05, 0.1) is 5.69 Å². The molecule has 84 valence electrons. The highest BCUT2D eigenvalue weighted by Gasteiger charge is 2.05. The summed E-state index contributed by atoms with van der Waals surface area (Å²) in [5, 5.41) is 0. The topological polar surface area (TPSA) is 51.8 Å². The number of aromatic nitrogens is 3. The quantitative estimate of drug-likeness (QED) is 0.639. The second kappa shape index (κ2) is 3.66. The first-order chi connectivity index (χ1) is 8.22. The molecule has 3 rings (SSSR count). The Kier molecular flexibility index (Phi) is 2.14. The van der Waals surface area contributed by atoms with Gasteiger partial charge in [0.1, 0.15) is 11.3 Å². The van der Waals surface area contributed by atoms with Crippen molar-refractivity contribution in [3.63, 3.8) is 0 Å². The molecule has 2 aromatic heterocycles. The third-order valence-electron chi connectivity index (χ3n) is 2.57. The number of oxazole rings is 1. The van der Waals surface area contributed by atoms with Gasteiger partial charge < -0.3 is 4.42 Å². The highest BCUT2D eigenvalue weighted by molar-refractivity contribution is 5.79. The minimum absolute atomic E-state index is 0.677. The summed E-state index contributed by atoms with van der Waals surface area (Å²) in [5.74, 6) is 1.44. The molecule has 0 atom stereocenters. The Morgan fingerprint density at radius 3 is 2.76 bits per heavy atom. The highest BCUT2D eigenvalue weighted by atomic mass is 16.3. The molecule has 0 aliphatic carbocycles. The summed E-state index contributed by atoms with van der Waals surface area (Å²) in [4.78, 5) is 12.8. The summed E-state index contributed by atoms with van der Waals surface area (Å²) < 4.78 is 5.44. The molecule has 17 heavy (non-hydrogen) atoms. The predicted octanol–water partition coefficient (Wildman–Crippen LogP) is 2.90. The number of fused-ring (bicyclic) bond motifs is 1. The maximum absolute atomic E-state index is 5.44. The summed E-state index contributed by atoms with van der Waals surface area (Å²) in [6.45, 7) is 3.72. The van der Waals surface area contributed by atoms with Crippen LogP contribution in [0.2, 0.25) is 0 Å². The Labute approximate surface area is 98.4 Å². The second-order valence-corrected chi connectivity index (χ2v) is 3.90. The molecular weight excluding hydrogens is 214 g/mol. The first-order valence-corrected chi connectivity index (χ1v) is 5.39. The lowest BCUT2D eigenvalue weighted by atomic mass is 10.1. The maximum atomic E-state index is 5.44. The van der Waals surface area contributed by atoms with Crippen molar-refractivity contribution in [3.8, 4) is 11.3 Å². The van der Waals surface area contributed by atoms with Crippen molar-refractivity contribution in [2.75, 3.05) is 0 Å². The Balaban J connectivity index is 2.17. The van der Waals surface area contributed by atoms with Gasteiger partial charge in [-0.25, -0.2) is 15.0 Å². The minimum atomic E-state index is 0.677. The van der Waals surface area contributed by atoms with Crippen LogP contribution >= 0.6 is 0 Å². The maximum Gasteiger partial charge on any atom is 0.192 e. The van der Waals surface area contributed by atoms with Crippen LogP contribution < -0.4 is 0 Å². The van der Waals surface area contributed by atoms with Crippen molar-refractivity contribution in [3.05, 3.63) is 42.2 Å². The van der Waals surface area contributed by atoms with E-state index in [1.165, 1.54) is 0 Å². The van der Waals surface area contributed by atoms with E-state index in [9.17, 15) is 0 Å². The van der Waals surface area contributed by atoms with Crippen molar-refractivity contribution < 1.29 is 4.42 Å². The molecule has 0 bridgehead atoms. The van der Waals surface area contributed by atoms with Crippen LogP contribution in [0, 0.1) is 13.8 Å². The highest BCUT2D eigenvalue weighted by Crippen LogP contribution is 2.23. The fourth-order valence-electron chi connectivity index (χ4n) is 1.82. The molecule has 3 aromatic rings. The predicted molar refractivity (Wildman–Crippen MR) is 64.5 cm³/mol. The van der Waals surface area contributed by atoms with Gasteiger partial charge in [-0.3, -0.25) is 0 Å². The zero-order valence-electron chi connectivity index (χ0n) is 9.64. The van der Waals surface area contributed by atoms with Gasteiger partial charge in [0, 0.05) is 18.7 Å². The van der Waals surface area contributed by atoms with Crippen LogP contribution in [0.4, 0.5) is 0 Å². The van der Waals surface area contributed by atoms with E-state index < -0.39 is 0 Å². The molecular formula is C13H11N3O. The van der Waals surface area contributed by atoms with E-state index in [1.807, 2.05) is 38.1 Å². The third-order valence-corrected chi connectivity index (χ3v) is 2.57. The van der Waals surface area contributed by atoms with Gasteiger partial charge in [-0.15, -0.1) is 0 Å². The number of benzene rings is 1. The number of hydrogen-bond acceptors (Lipinski definition) is 4. The van der Waals surface area contributed by atoms with E-state index in [4.69, 9.17) is 4.42 Å². The Morgan fingerprint density at radius 2 is 1.94 bits per heavy atom. The summed E-state index contributed by atoms with van der Waals surface area (Å²) in [5.41, 5.74) is 3.59. The summed E-state index contributed by atoms with van der Waals surface area (Å²) >= 11 is 0. The number of aryl methyl sites for hydroxylation is 2. The zero-order chi connectivity index (χ0) is 11.8. The fraction of sp³-hybridized carbons (Fsp3) is 0.154. The fourth-order valence-corrected chi connectivity index (χ4v) is 1.82. The van der Waals surface area contributed by atoms with Crippen LogP contribution in [0.15, 0.2) is 34.9 Å². The van der Waals surface area contributed by atoms with E-state index in [0.29, 0.717) is 5.89 Å². The first-order valence-electron chi connectivity index (χ1n) is 5.39. The van der Waals surface area contributed by atoms with Crippen molar-refractivity contribution in [1.29, 1.82) is 0 Å². The molecule has 0 radical (unpaired) electrons. The van der Waals surface area contributed by atoms with E-state index >= 15 is 0 Å². The standard InChI is InChI=1S/C13H11N3O/c1-8-14-6-5-11(15-8)10-3-4-13-12(7-10)16-9(2)17-13/h3-7H,1-2H3. The second-order valence-electron chi connectivity index (χ2n) is 3.90. The molecule has 0 saturated carbocycles. The van der Waals surface area contributed by atoms with Gasteiger partial charge in [-0.2, -0.15) is 0 Å². The van der Waals surface area contributed by atoms with Crippen LogP contribution in [-0.2, 0) is 0 Å². The molecule has 4 heteroatoms. The molecule has 0 aliphatic rings. The normalized spacial score (nSPS) is 10.9. The average molecular weight is 225 g/mol. The lowest BCUT2D eigenvalue weighted by molar-refractivity contribution is 0.561. The Hall–Kier alpha value is -2.23. The SMILES string of the molecule is Cc1nccc(-c2ccc3oc(C)nc3c2)n1. The molecule has 0 aliphatic heterocycles. The van der Waals surface area contributed by atoms with Crippen molar-refractivity contribution in [1.82, 2.24) is 15.0 Å². The van der Waals surface area contributed by atoms with Gasteiger partial charge >= 0.3 is 0 Å². The van der Waals surface area contributed by atoms with Crippen LogP contribution in [0.3, 0.4) is 0 Å². The van der Waals surface area contributed by atoms with Crippen LogP contribution in [0.1, 0.15) is 11.7 Å². The molecule has 0 fully saturated rings. The van der Waals surface area contributed by atoms with E-state index in [0.717, 1.165) is 28.2 Å². The molecule has 0 saturated heterocycles. The van der Waals surface area contributed by atoms with Crippen LogP contribution in [0.25, 0.3) is 22.4 Å². The number of rotatable bonds is 1. The molecule has 0 amide bonds. The zero-order valence-corrected chi connectivity index (χ0v) is 9.64. The van der Waals surface area contributed by atoms with Gasteiger partial charge in [0.15, 0.2) is 11.5 Å². The minimum Gasteiger partial charge on any atom is -0.441 e. The van der Waals surface area contributed by atoms with E-state index in [1.54, 1.807) is 6.20 Å². The summed E-state index contributed by atoms with van der Waals surface area (Å²) in [6, 6.07) is 7.77. The molecule has 2 heterocycles. The number of hydrogen-bond donors (Lipinski definition) is 0. The van der Waals surface area contributed by atoms with E-state index in [-0.39, 0.29) is 0 Å². The lowest BCUT2D eigenvalue weighted by Gasteiger charge is -2.00. The molecule has 4 nitrogen and oxygen atoms in total. The van der Waals surface area contributed by atoms with Crippen molar-refractivity contribution >= 4 is 11.1 Å². The van der Waals surface area contributed by atoms with Gasteiger partial charge in [0.25, 0.3) is 0 Å². The van der Waals surface area contributed by atoms with Crippen molar-refractivity contribution in [2.24, 2.45) is 0 Å². The molecule has 1 aromatic carbocycles. The Morgan fingerprint density at radius 1 is 1.06 bits per heavy atom. The average Bonchev–Trinajstić information content (AvgIpc) is 2.68. The van der Waals surface area contributed by atoms with Crippen LogP contribution in [-0.4, -0.2) is 15.0 Å². The first kappa shape index (κ1) is 9.96. The summed E-state index contributed by atoms with van der Waals surface area (Å²) in [7, 11) is 0. The largest absolute Gasteiger partial charge is 0.441 e. The number of nitrogens with zero attached hydrogens (tertiary/aromatic N) is 3. The summed E-state index contributed by atoms with van der Waals surface area (Å²) in [6.07, 6.45) is 1.76.